The molecule has 0 radical (unpaired) electrons. The second kappa shape index (κ2) is 16.7. The summed E-state index contributed by atoms with van der Waals surface area (Å²) in [6.07, 6.45) is -7.43. The number of aliphatic hydroxyl groups is 3. The Balaban J connectivity index is 1.22. The van der Waals surface area contributed by atoms with Crippen LogP contribution in [0.1, 0.15) is 29.2 Å². The predicted octanol–water partition coefficient (Wildman–Crippen LogP) is 3.88. The molecule has 0 spiro atoms. The van der Waals surface area contributed by atoms with Gasteiger partial charge in [-0.25, -0.2) is 4.99 Å². The summed E-state index contributed by atoms with van der Waals surface area (Å²) < 4.78 is 39.2. The van der Waals surface area contributed by atoms with E-state index in [1.807, 2.05) is 121 Å². The SMILES string of the molecule is C[C@]1(O)[C@@H]2N/C(=N/[C@H]3O[C@H](COCc4ccccc4)[C@@H](OCc4ccccc4)[C@H](OCc4ccccc4)[C@H]3OCc3ccccc3)O[C@@H]2[C@@H](O)[C@@H]1O. The van der Waals surface area contributed by atoms with Crippen LogP contribution in [0.4, 0.5) is 0 Å². The van der Waals surface area contributed by atoms with Crippen molar-refractivity contribution >= 4 is 6.02 Å². The summed E-state index contributed by atoms with van der Waals surface area (Å²) in [4.78, 5) is 4.85. The van der Waals surface area contributed by atoms with Crippen molar-refractivity contribution < 1.29 is 43.7 Å². The van der Waals surface area contributed by atoms with Crippen molar-refractivity contribution in [2.75, 3.05) is 6.61 Å². The van der Waals surface area contributed by atoms with Gasteiger partial charge in [0.05, 0.1) is 33.0 Å². The zero-order valence-electron chi connectivity index (χ0n) is 29.0. The number of aliphatic hydroxyl groups excluding tert-OH is 2. The Hall–Kier alpha value is -4.17. The smallest absolute Gasteiger partial charge is 0.288 e. The first kappa shape index (κ1) is 36.2. The molecule has 1 aliphatic carbocycles. The summed E-state index contributed by atoms with van der Waals surface area (Å²) in [6, 6.07) is 38.7. The maximum Gasteiger partial charge on any atom is 0.288 e. The van der Waals surface area contributed by atoms with Crippen LogP contribution in [0.15, 0.2) is 126 Å². The number of benzene rings is 4. The van der Waals surface area contributed by atoms with E-state index in [1.165, 1.54) is 6.92 Å². The van der Waals surface area contributed by atoms with Crippen LogP contribution in [0.25, 0.3) is 0 Å². The molecular weight excluding hydrogens is 664 g/mol. The van der Waals surface area contributed by atoms with Crippen molar-refractivity contribution in [2.24, 2.45) is 4.99 Å². The highest BCUT2D eigenvalue weighted by Crippen LogP contribution is 2.37. The topological polar surface area (TPSA) is 140 Å². The highest BCUT2D eigenvalue weighted by Gasteiger charge is 2.62. The van der Waals surface area contributed by atoms with Gasteiger partial charge in [-0.1, -0.05) is 121 Å². The molecule has 52 heavy (non-hydrogen) atoms. The molecule has 4 N–H and O–H groups in total. The van der Waals surface area contributed by atoms with Gasteiger partial charge in [0.2, 0.25) is 0 Å². The summed E-state index contributed by atoms with van der Waals surface area (Å²) in [5.74, 6) is 0. The van der Waals surface area contributed by atoms with E-state index < -0.39 is 60.6 Å². The highest BCUT2D eigenvalue weighted by molar-refractivity contribution is 5.77. The first-order chi connectivity index (χ1) is 25.4. The van der Waals surface area contributed by atoms with E-state index in [-0.39, 0.29) is 25.8 Å². The third kappa shape index (κ3) is 8.38. The van der Waals surface area contributed by atoms with E-state index >= 15 is 0 Å². The number of rotatable bonds is 14. The molecule has 2 heterocycles. The molecule has 2 aliphatic heterocycles. The molecule has 0 unspecified atom stereocenters. The number of nitrogens with one attached hydrogen (secondary N) is 1. The monoisotopic (exact) mass is 710 g/mol. The molecule has 11 heteroatoms. The summed E-state index contributed by atoms with van der Waals surface area (Å²) in [6.45, 7) is 2.78. The van der Waals surface area contributed by atoms with Gasteiger partial charge in [0, 0.05) is 0 Å². The molecule has 1 saturated carbocycles. The number of hydrogen-bond donors (Lipinski definition) is 4. The number of hydrogen-bond acceptors (Lipinski definition) is 10. The lowest BCUT2D eigenvalue weighted by Crippen LogP contribution is -2.61. The molecule has 0 aromatic heterocycles. The zero-order chi connectivity index (χ0) is 35.9. The summed E-state index contributed by atoms with van der Waals surface area (Å²) in [5, 5.41) is 35.2. The lowest BCUT2D eigenvalue weighted by molar-refractivity contribution is -0.271. The van der Waals surface area contributed by atoms with Crippen LogP contribution in [-0.4, -0.2) is 88.5 Å². The molecule has 4 aromatic carbocycles. The van der Waals surface area contributed by atoms with E-state index in [9.17, 15) is 15.3 Å². The molecule has 3 fully saturated rings. The molecule has 11 nitrogen and oxygen atoms in total. The minimum absolute atomic E-state index is 0.0500. The molecule has 0 amide bonds. The van der Waals surface area contributed by atoms with Gasteiger partial charge in [-0.2, -0.15) is 0 Å². The van der Waals surface area contributed by atoms with Crippen LogP contribution in [0.3, 0.4) is 0 Å². The second-order valence-corrected chi connectivity index (χ2v) is 13.6. The summed E-state index contributed by atoms with van der Waals surface area (Å²) in [7, 11) is 0. The fraction of sp³-hybridized carbons (Fsp3) is 0.390. The predicted molar refractivity (Wildman–Crippen MR) is 192 cm³/mol. The minimum atomic E-state index is -1.66. The fourth-order valence-corrected chi connectivity index (χ4v) is 6.95. The molecule has 4 aromatic rings. The van der Waals surface area contributed by atoms with Gasteiger partial charge in [-0.15, -0.1) is 0 Å². The Morgan fingerprint density at radius 3 is 1.62 bits per heavy atom. The van der Waals surface area contributed by atoms with Crippen LogP contribution >= 0.6 is 0 Å². The number of ether oxygens (including phenoxy) is 6. The van der Waals surface area contributed by atoms with Gasteiger partial charge in [0.1, 0.15) is 48.3 Å². The summed E-state index contributed by atoms with van der Waals surface area (Å²) >= 11 is 0. The average Bonchev–Trinajstić information content (AvgIpc) is 3.67. The molecule has 274 valence electrons. The average molecular weight is 711 g/mol. The number of aliphatic imine (C=N–C) groups is 1. The molecule has 2 saturated heterocycles. The Kier molecular flexibility index (Phi) is 11.6. The fourth-order valence-electron chi connectivity index (χ4n) is 6.95. The lowest BCUT2D eigenvalue weighted by Gasteiger charge is -2.45. The highest BCUT2D eigenvalue weighted by atomic mass is 16.6. The van der Waals surface area contributed by atoms with Gasteiger partial charge >= 0.3 is 0 Å². The zero-order valence-corrected chi connectivity index (χ0v) is 29.0. The minimum Gasteiger partial charge on any atom is -0.457 e. The standard InChI is InChI=1S/C41H46N2O9/c1-41(46)37-34(32(44)38(41)45)52-40(42-37)43-39-36(50-25-30-20-12-5-13-21-30)35(49-24-29-18-10-4-11-19-29)33(48-23-28-16-8-3-9-17-28)31(51-39)26-47-22-27-14-6-2-7-15-27/h2-21,31-39,44-46H,22-26H2,1H3,(H,42,43)/t31-,32-,33-,34-,35+,36-,37-,38+,39+,41+/m1/s1. The van der Waals surface area contributed by atoms with Crippen LogP contribution in [0, 0.1) is 0 Å². The first-order valence-electron chi connectivity index (χ1n) is 17.7. The molecule has 7 rings (SSSR count). The lowest BCUT2D eigenvalue weighted by atomic mass is 9.97. The van der Waals surface area contributed by atoms with E-state index in [0.29, 0.717) is 13.2 Å². The van der Waals surface area contributed by atoms with E-state index in [1.54, 1.807) is 0 Å². The Morgan fingerprint density at radius 1 is 0.654 bits per heavy atom. The van der Waals surface area contributed by atoms with Gasteiger partial charge in [0.25, 0.3) is 6.02 Å². The van der Waals surface area contributed by atoms with E-state index in [2.05, 4.69) is 5.32 Å². The maximum absolute atomic E-state index is 11.0. The van der Waals surface area contributed by atoms with Crippen molar-refractivity contribution in [3.05, 3.63) is 144 Å². The van der Waals surface area contributed by atoms with Crippen LogP contribution in [0.5, 0.6) is 0 Å². The Bertz CT molecular complexity index is 1710. The largest absolute Gasteiger partial charge is 0.457 e. The third-order valence-electron chi connectivity index (χ3n) is 9.85. The normalized spacial score (nSPS) is 31.9. The molecule has 10 atom stereocenters. The quantitative estimate of drug-likeness (QED) is 0.153. The van der Waals surface area contributed by atoms with Crippen molar-refractivity contribution in [2.45, 2.75) is 93.9 Å². The maximum atomic E-state index is 11.0. The van der Waals surface area contributed by atoms with Crippen LogP contribution < -0.4 is 5.32 Å². The van der Waals surface area contributed by atoms with Gasteiger partial charge < -0.3 is 49.1 Å². The van der Waals surface area contributed by atoms with Crippen LogP contribution in [0.2, 0.25) is 0 Å². The molecule has 0 bridgehead atoms. The van der Waals surface area contributed by atoms with Crippen molar-refractivity contribution in [3.8, 4) is 0 Å². The van der Waals surface area contributed by atoms with Gasteiger partial charge in [0.15, 0.2) is 12.3 Å². The first-order valence-corrected chi connectivity index (χ1v) is 17.7. The van der Waals surface area contributed by atoms with Crippen LogP contribution in [-0.2, 0) is 54.8 Å². The second-order valence-electron chi connectivity index (χ2n) is 13.6. The van der Waals surface area contributed by atoms with Gasteiger partial charge in [-0.05, 0) is 29.2 Å². The van der Waals surface area contributed by atoms with E-state index in [0.717, 1.165) is 22.3 Å². The third-order valence-corrected chi connectivity index (χ3v) is 9.85. The van der Waals surface area contributed by atoms with Crippen molar-refractivity contribution in [1.82, 2.24) is 5.32 Å². The number of amidine groups is 1. The van der Waals surface area contributed by atoms with Crippen molar-refractivity contribution in [1.29, 1.82) is 0 Å². The van der Waals surface area contributed by atoms with Crippen molar-refractivity contribution in [3.63, 3.8) is 0 Å². The summed E-state index contributed by atoms with van der Waals surface area (Å²) in [5.41, 5.74) is 2.26. The number of nitrogens with zero attached hydrogens (tertiary/aromatic N) is 1. The molecule has 3 aliphatic rings. The Labute approximate surface area is 303 Å². The number of fused-ring (bicyclic) bond motifs is 1. The Morgan fingerprint density at radius 2 is 1.12 bits per heavy atom. The molecular formula is C41H46N2O9. The van der Waals surface area contributed by atoms with E-state index in [4.69, 9.17) is 33.4 Å². The van der Waals surface area contributed by atoms with Gasteiger partial charge in [-0.3, -0.25) is 0 Å².